The Labute approximate surface area is 104 Å². The fraction of sp³-hybridized carbons (Fsp3) is 0.500. The molecule has 2 heteroatoms. The number of carbonyl (C=O) groups excluding carboxylic acids is 1. The van der Waals surface area contributed by atoms with Gasteiger partial charge in [-0.25, -0.2) is 0 Å². The van der Waals surface area contributed by atoms with Gasteiger partial charge in [0.2, 0.25) is 0 Å². The van der Waals surface area contributed by atoms with Crippen LogP contribution >= 0.6 is 0 Å². The van der Waals surface area contributed by atoms with Crippen molar-refractivity contribution in [3.8, 4) is 0 Å². The summed E-state index contributed by atoms with van der Waals surface area (Å²) in [7, 11) is 0. The topological polar surface area (TPSA) is 17.1 Å². The molecule has 0 saturated heterocycles. The molecule has 1 aliphatic rings. The van der Waals surface area contributed by atoms with Gasteiger partial charge in [-0.05, 0) is 0 Å². The van der Waals surface area contributed by atoms with E-state index >= 15 is 0 Å². The summed E-state index contributed by atoms with van der Waals surface area (Å²) in [6.07, 6.45) is 7.74. The average Bonchev–Trinajstić information content (AvgIpc) is 2.38. The monoisotopic (exact) mass is 282 g/mol. The zero-order valence-corrected chi connectivity index (χ0v) is 11.2. The molecular formula is C14H18OSe. The van der Waals surface area contributed by atoms with Crippen LogP contribution in [0.25, 0.3) is 0 Å². The van der Waals surface area contributed by atoms with E-state index in [1.54, 1.807) is 0 Å². The van der Waals surface area contributed by atoms with Crippen molar-refractivity contribution in [1.82, 2.24) is 0 Å². The molecule has 1 saturated carbocycles. The third kappa shape index (κ3) is 3.20. The molecule has 1 aliphatic carbocycles. The van der Waals surface area contributed by atoms with Gasteiger partial charge in [-0.2, -0.15) is 0 Å². The number of benzene rings is 1. The van der Waals surface area contributed by atoms with Crippen molar-refractivity contribution < 1.29 is 4.79 Å². The molecule has 0 heterocycles. The standard InChI is InChI=1S/C14H18OSe/c15-11-14(12-7-3-1-4-8-12)16-13-9-5-2-6-10-13/h2,5-6,9-12,14H,1,3-4,7-8H2/t14-/m1/s1. The Kier molecular flexibility index (Phi) is 4.62. The number of hydrogen-bond acceptors (Lipinski definition) is 1. The molecule has 1 atom stereocenters. The third-order valence-electron chi connectivity index (χ3n) is 3.26. The molecule has 1 fully saturated rings. The molecule has 0 radical (unpaired) electrons. The van der Waals surface area contributed by atoms with Crippen molar-refractivity contribution in [1.29, 1.82) is 0 Å². The first-order valence-electron chi connectivity index (χ1n) is 6.07. The van der Waals surface area contributed by atoms with Crippen LogP contribution in [0.3, 0.4) is 0 Å². The van der Waals surface area contributed by atoms with Crippen molar-refractivity contribution >= 4 is 25.7 Å². The Balaban J connectivity index is 1.97. The summed E-state index contributed by atoms with van der Waals surface area (Å²) in [6, 6.07) is 10.5. The molecule has 16 heavy (non-hydrogen) atoms. The van der Waals surface area contributed by atoms with Crippen molar-refractivity contribution in [3.63, 3.8) is 0 Å². The van der Waals surface area contributed by atoms with Gasteiger partial charge >= 0.3 is 104 Å². The molecule has 2 rings (SSSR count). The molecule has 0 amide bonds. The first kappa shape index (κ1) is 11.9. The zero-order valence-electron chi connectivity index (χ0n) is 9.47. The Morgan fingerprint density at radius 1 is 1.12 bits per heavy atom. The van der Waals surface area contributed by atoms with E-state index in [0.29, 0.717) is 25.7 Å². The fourth-order valence-electron chi connectivity index (χ4n) is 2.35. The van der Waals surface area contributed by atoms with Gasteiger partial charge in [0.05, 0.1) is 0 Å². The Hall–Kier alpha value is -0.591. The molecule has 1 aromatic rings. The van der Waals surface area contributed by atoms with E-state index < -0.39 is 0 Å². The molecule has 86 valence electrons. The fourth-order valence-corrected chi connectivity index (χ4v) is 4.76. The summed E-state index contributed by atoms with van der Waals surface area (Å²) in [6.45, 7) is 0. The predicted molar refractivity (Wildman–Crippen MR) is 68.2 cm³/mol. The van der Waals surface area contributed by atoms with E-state index in [1.807, 2.05) is 6.07 Å². The van der Waals surface area contributed by atoms with Crippen LogP contribution in [0.2, 0.25) is 4.82 Å². The van der Waals surface area contributed by atoms with Crippen LogP contribution in [0.5, 0.6) is 0 Å². The van der Waals surface area contributed by atoms with Gasteiger partial charge < -0.3 is 0 Å². The Morgan fingerprint density at radius 2 is 1.81 bits per heavy atom. The van der Waals surface area contributed by atoms with Crippen molar-refractivity contribution in [3.05, 3.63) is 30.3 Å². The van der Waals surface area contributed by atoms with Crippen LogP contribution in [0.15, 0.2) is 30.3 Å². The molecule has 1 aromatic carbocycles. The van der Waals surface area contributed by atoms with Gasteiger partial charge in [-0.3, -0.25) is 0 Å². The van der Waals surface area contributed by atoms with Gasteiger partial charge in [-0.15, -0.1) is 0 Å². The van der Waals surface area contributed by atoms with Crippen molar-refractivity contribution in [2.24, 2.45) is 5.92 Å². The zero-order chi connectivity index (χ0) is 11.2. The van der Waals surface area contributed by atoms with Crippen LogP contribution in [0.1, 0.15) is 32.1 Å². The van der Waals surface area contributed by atoms with Crippen LogP contribution in [0, 0.1) is 5.92 Å². The second-order valence-corrected chi connectivity index (χ2v) is 7.06. The summed E-state index contributed by atoms with van der Waals surface area (Å²) in [5, 5.41) is 0. The van der Waals surface area contributed by atoms with E-state index in [-0.39, 0.29) is 0 Å². The second kappa shape index (κ2) is 6.22. The summed E-state index contributed by atoms with van der Waals surface area (Å²) in [5.74, 6) is 0.659. The maximum absolute atomic E-state index is 11.2. The van der Waals surface area contributed by atoms with Crippen LogP contribution < -0.4 is 4.46 Å². The summed E-state index contributed by atoms with van der Waals surface area (Å²) in [4.78, 5) is 11.5. The summed E-state index contributed by atoms with van der Waals surface area (Å²) >= 11 is 0.324. The van der Waals surface area contributed by atoms with Crippen LogP contribution in [-0.4, -0.2) is 21.2 Å². The van der Waals surface area contributed by atoms with Gasteiger partial charge in [0, 0.05) is 0 Å². The number of carbonyl (C=O) groups is 1. The van der Waals surface area contributed by atoms with Crippen molar-refractivity contribution in [2.75, 3.05) is 0 Å². The second-order valence-electron chi connectivity index (χ2n) is 4.43. The molecule has 0 bridgehead atoms. The summed E-state index contributed by atoms with van der Waals surface area (Å²) in [5.41, 5.74) is 0. The molecule has 1 nitrogen and oxygen atoms in total. The molecule has 0 aromatic heterocycles. The van der Waals surface area contributed by atoms with Crippen LogP contribution in [-0.2, 0) is 4.79 Å². The maximum atomic E-state index is 11.2. The summed E-state index contributed by atoms with van der Waals surface area (Å²) < 4.78 is 1.36. The van der Waals surface area contributed by atoms with E-state index in [1.165, 1.54) is 42.9 Å². The third-order valence-corrected chi connectivity index (χ3v) is 6.02. The van der Waals surface area contributed by atoms with Gasteiger partial charge in [-0.1, -0.05) is 0 Å². The number of aldehydes is 1. The van der Waals surface area contributed by atoms with E-state index in [4.69, 9.17) is 0 Å². The Bertz CT molecular complexity index is 317. The van der Waals surface area contributed by atoms with E-state index in [9.17, 15) is 4.79 Å². The van der Waals surface area contributed by atoms with E-state index in [0.717, 1.165) is 0 Å². The minimum absolute atomic E-state index is 0.301. The quantitative estimate of drug-likeness (QED) is 0.612. The SMILES string of the molecule is O=C[C@@H]([Se]c1ccccc1)C1CCCCC1. The molecule has 0 unspecified atom stereocenters. The molecule has 0 N–H and O–H groups in total. The molecule has 0 spiro atoms. The minimum atomic E-state index is 0.301. The Morgan fingerprint density at radius 3 is 2.44 bits per heavy atom. The molecule has 0 aliphatic heterocycles. The predicted octanol–water partition coefficient (Wildman–Crippen LogP) is 2.58. The van der Waals surface area contributed by atoms with Gasteiger partial charge in [0.15, 0.2) is 0 Å². The average molecular weight is 281 g/mol. The normalized spacial score (nSPS) is 19.2. The van der Waals surface area contributed by atoms with Crippen molar-refractivity contribution in [2.45, 2.75) is 36.9 Å². The first-order chi connectivity index (χ1) is 7.90. The number of hydrogen-bond donors (Lipinski definition) is 0. The van der Waals surface area contributed by atoms with Gasteiger partial charge in [0.1, 0.15) is 0 Å². The first-order valence-corrected chi connectivity index (χ1v) is 7.91. The van der Waals surface area contributed by atoms with Crippen LogP contribution in [0.4, 0.5) is 0 Å². The number of rotatable bonds is 4. The molecular weight excluding hydrogens is 263 g/mol. The van der Waals surface area contributed by atoms with Gasteiger partial charge in [0.25, 0.3) is 0 Å². The van der Waals surface area contributed by atoms with E-state index in [2.05, 4.69) is 24.3 Å².